The molecule has 3 rings (SSSR count). The summed E-state index contributed by atoms with van der Waals surface area (Å²) in [5.74, 6) is 3.17. The third-order valence-electron chi connectivity index (χ3n) is 5.23. The molecule has 1 saturated heterocycles. The molecule has 86 valence electrons. The molecule has 3 aliphatic rings. The molecular weight excluding hydrogens is 182 g/mol. The predicted octanol–water partition coefficient (Wildman–Crippen LogP) is 3.34. The van der Waals surface area contributed by atoms with Crippen molar-refractivity contribution in [3.8, 4) is 0 Å². The molecule has 3 fully saturated rings. The lowest BCUT2D eigenvalue weighted by atomic mass is 9.86. The van der Waals surface area contributed by atoms with E-state index in [1.165, 1.54) is 64.3 Å². The van der Waals surface area contributed by atoms with Crippen LogP contribution in [0.5, 0.6) is 0 Å². The third-order valence-corrected chi connectivity index (χ3v) is 5.23. The molecule has 1 heteroatoms. The summed E-state index contributed by atoms with van der Waals surface area (Å²) >= 11 is 0. The van der Waals surface area contributed by atoms with E-state index in [9.17, 15) is 0 Å². The van der Waals surface area contributed by atoms with Crippen molar-refractivity contribution < 1.29 is 0 Å². The number of hydrogen-bond donors (Lipinski definition) is 1. The highest BCUT2D eigenvalue weighted by Gasteiger charge is 2.36. The Kier molecular flexibility index (Phi) is 3.01. The van der Waals surface area contributed by atoms with Gasteiger partial charge in [-0.25, -0.2) is 0 Å². The minimum Gasteiger partial charge on any atom is -0.313 e. The van der Waals surface area contributed by atoms with Gasteiger partial charge in [-0.1, -0.05) is 38.5 Å². The second-order valence-electron chi connectivity index (χ2n) is 6.10. The van der Waals surface area contributed by atoms with E-state index in [2.05, 4.69) is 5.32 Å². The summed E-state index contributed by atoms with van der Waals surface area (Å²) in [6, 6.07) is 0.901. The second kappa shape index (κ2) is 4.45. The first-order valence-electron chi connectivity index (χ1n) is 7.17. The molecule has 2 unspecified atom stereocenters. The summed E-state index contributed by atoms with van der Waals surface area (Å²) < 4.78 is 0. The monoisotopic (exact) mass is 207 g/mol. The fraction of sp³-hybridized carbons (Fsp3) is 1.00. The van der Waals surface area contributed by atoms with Gasteiger partial charge in [-0.3, -0.25) is 0 Å². The lowest BCUT2D eigenvalue weighted by Gasteiger charge is -2.20. The van der Waals surface area contributed by atoms with Crippen LogP contribution in [0, 0.1) is 17.8 Å². The van der Waals surface area contributed by atoms with Crippen molar-refractivity contribution >= 4 is 0 Å². The summed E-state index contributed by atoms with van der Waals surface area (Å²) in [5, 5.41) is 3.83. The lowest BCUT2D eigenvalue weighted by Crippen LogP contribution is -2.28. The molecule has 0 radical (unpaired) electrons. The minimum atomic E-state index is 0.901. The fourth-order valence-electron chi connectivity index (χ4n) is 4.30. The van der Waals surface area contributed by atoms with Crippen LogP contribution in [-0.2, 0) is 0 Å². The highest BCUT2D eigenvalue weighted by molar-refractivity contribution is 4.91. The van der Waals surface area contributed by atoms with E-state index in [1.807, 2.05) is 0 Å². The Morgan fingerprint density at radius 3 is 1.93 bits per heavy atom. The Morgan fingerprint density at radius 2 is 1.27 bits per heavy atom. The molecule has 2 aliphatic carbocycles. The first-order chi connectivity index (χ1) is 7.43. The molecule has 0 amide bonds. The first-order valence-corrected chi connectivity index (χ1v) is 7.17. The molecule has 0 aromatic heterocycles. The Hall–Kier alpha value is -0.0400. The number of nitrogens with one attached hydrogen (secondary N) is 1. The van der Waals surface area contributed by atoms with Crippen molar-refractivity contribution in [2.75, 3.05) is 6.54 Å². The maximum absolute atomic E-state index is 3.83. The van der Waals surface area contributed by atoms with Gasteiger partial charge in [-0.2, -0.15) is 0 Å². The van der Waals surface area contributed by atoms with Gasteiger partial charge in [0.1, 0.15) is 0 Å². The highest BCUT2D eigenvalue weighted by Crippen LogP contribution is 2.39. The second-order valence-corrected chi connectivity index (χ2v) is 6.10. The normalized spacial score (nSPS) is 39.2. The number of hydrogen-bond acceptors (Lipinski definition) is 1. The van der Waals surface area contributed by atoms with Crippen LogP contribution >= 0.6 is 0 Å². The maximum atomic E-state index is 3.83. The Labute approximate surface area is 94.0 Å². The fourth-order valence-corrected chi connectivity index (χ4v) is 4.30. The van der Waals surface area contributed by atoms with Gasteiger partial charge < -0.3 is 5.32 Å². The molecule has 0 aromatic rings. The summed E-state index contributed by atoms with van der Waals surface area (Å²) in [6.07, 6.45) is 13.6. The average molecular weight is 207 g/mol. The lowest BCUT2D eigenvalue weighted by molar-refractivity contribution is 0.337. The highest BCUT2D eigenvalue weighted by atomic mass is 15.0. The van der Waals surface area contributed by atoms with Crippen LogP contribution in [0.2, 0.25) is 0 Å². The zero-order valence-electron chi connectivity index (χ0n) is 9.88. The van der Waals surface area contributed by atoms with E-state index >= 15 is 0 Å². The first kappa shape index (κ1) is 10.1. The van der Waals surface area contributed by atoms with Crippen molar-refractivity contribution in [1.29, 1.82) is 0 Å². The Balaban J connectivity index is 1.53. The zero-order chi connectivity index (χ0) is 10.1. The smallest absolute Gasteiger partial charge is 0.00986 e. The summed E-state index contributed by atoms with van der Waals surface area (Å²) in [7, 11) is 0. The Morgan fingerprint density at radius 1 is 0.667 bits per heavy atom. The zero-order valence-corrected chi connectivity index (χ0v) is 9.88. The summed E-state index contributed by atoms with van der Waals surface area (Å²) in [4.78, 5) is 0. The van der Waals surface area contributed by atoms with Crippen LogP contribution in [0.15, 0.2) is 0 Å². The third kappa shape index (κ3) is 2.08. The molecular formula is C14H25N. The van der Waals surface area contributed by atoms with Crippen molar-refractivity contribution in [1.82, 2.24) is 5.32 Å². The predicted molar refractivity (Wildman–Crippen MR) is 63.8 cm³/mol. The van der Waals surface area contributed by atoms with Crippen LogP contribution in [0.25, 0.3) is 0 Å². The van der Waals surface area contributed by atoms with E-state index in [0.29, 0.717) is 0 Å². The van der Waals surface area contributed by atoms with Crippen molar-refractivity contribution in [3.05, 3.63) is 0 Å². The van der Waals surface area contributed by atoms with Gasteiger partial charge in [0, 0.05) is 6.04 Å². The van der Waals surface area contributed by atoms with Gasteiger partial charge in [0.25, 0.3) is 0 Å². The molecule has 0 aromatic carbocycles. The van der Waals surface area contributed by atoms with Crippen LogP contribution in [0.3, 0.4) is 0 Å². The molecule has 2 saturated carbocycles. The molecule has 2 atom stereocenters. The van der Waals surface area contributed by atoms with Crippen molar-refractivity contribution in [2.24, 2.45) is 17.8 Å². The summed E-state index contributed by atoms with van der Waals surface area (Å²) in [6.45, 7) is 1.34. The van der Waals surface area contributed by atoms with Gasteiger partial charge in [0.05, 0.1) is 0 Å². The van der Waals surface area contributed by atoms with Gasteiger partial charge >= 0.3 is 0 Å². The molecule has 0 spiro atoms. The van der Waals surface area contributed by atoms with Gasteiger partial charge in [-0.05, 0) is 43.6 Å². The SMILES string of the molecule is C1CCC(C2CNC(C3CCCC3)C2)C1. The van der Waals surface area contributed by atoms with Crippen LogP contribution in [0.4, 0.5) is 0 Å². The van der Waals surface area contributed by atoms with Crippen LogP contribution < -0.4 is 5.32 Å². The van der Waals surface area contributed by atoms with Crippen molar-refractivity contribution in [2.45, 2.75) is 63.8 Å². The van der Waals surface area contributed by atoms with Crippen LogP contribution in [-0.4, -0.2) is 12.6 Å². The van der Waals surface area contributed by atoms with E-state index < -0.39 is 0 Å². The van der Waals surface area contributed by atoms with Gasteiger partial charge in [0.15, 0.2) is 0 Å². The molecule has 1 nitrogen and oxygen atoms in total. The minimum absolute atomic E-state index is 0.901. The molecule has 0 bridgehead atoms. The summed E-state index contributed by atoms with van der Waals surface area (Å²) in [5.41, 5.74) is 0. The van der Waals surface area contributed by atoms with E-state index in [4.69, 9.17) is 0 Å². The topological polar surface area (TPSA) is 12.0 Å². The molecule has 1 heterocycles. The van der Waals surface area contributed by atoms with E-state index in [0.717, 1.165) is 23.8 Å². The molecule has 1 N–H and O–H groups in total. The quantitative estimate of drug-likeness (QED) is 0.732. The average Bonchev–Trinajstić information content (AvgIpc) is 3.02. The standard InChI is InChI=1S/C14H25N/c1-2-6-11(5-1)13-9-14(15-10-13)12-7-3-4-8-12/h11-15H,1-10H2. The van der Waals surface area contributed by atoms with Crippen molar-refractivity contribution in [3.63, 3.8) is 0 Å². The van der Waals surface area contributed by atoms with Gasteiger partial charge in [0.2, 0.25) is 0 Å². The maximum Gasteiger partial charge on any atom is 0.00986 e. The molecule has 15 heavy (non-hydrogen) atoms. The van der Waals surface area contributed by atoms with Gasteiger partial charge in [-0.15, -0.1) is 0 Å². The molecule has 1 aliphatic heterocycles. The largest absolute Gasteiger partial charge is 0.313 e. The van der Waals surface area contributed by atoms with Crippen LogP contribution in [0.1, 0.15) is 57.8 Å². The van der Waals surface area contributed by atoms with E-state index in [1.54, 1.807) is 0 Å². The number of rotatable bonds is 2. The Bertz CT molecular complexity index is 179. The van der Waals surface area contributed by atoms with E-state index in [-0.39, 0.29) is 0 Å².